The van der Waals surface area contributed by atoms with Crippen molar-refractivity contribution in [1.29, 1.82) is 0 Å². The van der Waals surface area contributed by atoms with E-state index in [0.29, 0.717) is 32.1 Å². The Hall–Kier alpha value is -1.31. The fraction of sp³-hybridized carbons (Fsp3) is 0.867. The third-order valence-corrected chi connectivity index (χ3v) is 5.28. The smallest absolute Gasteiger partial charge is 0.405 e. The molecule has 0 aliphatic heterocycles. The Labute approximate surface area is 131 Å². The highest BCUT2D eigenvalue weighted by Gasteiger charge is 2.60. The van der Waals surface area contributed by atoms with E-state index in [0.717, 1.165) is 6.42 Å². The molecule has 8 heteroatoms. The summed E-state index contributed by atoms with van der Waals surface area (Å²) >= 11 is 0. The SMILES string of the molecule is O=C(COC(=O)C12C[C@H]3C[C@@H](CC(O)(C3)C1)C2)NCC(F)(F)F. The maximum Gasteiger partial charge on any atom is 0.405 e. The van der Waals surface area contributed by atoms with Gasteiger partial charge in [0.25, 0.3) is 5.91 Å². The van der Waals surface area contributed by atoms with Crippen LogP contribution in [0.25, 0.3) is 0 Å². The van der Waals surface area contributed by atoms with Crippen molar-refractivity contribution < 1.29 is 32.6 Å². The van der Waals surface area contributed by atoms with Crippen LogP contribution in [0.15, 0.2) is 0 Å². The van der Waals surface area contributed by atoms with E-state index in [9.17, 15) is 27.9 Å². The summed E-state index contributed by atoms with van der Waals surface area (Å²) < 4.78 is 41.0. The molecule has 130 valence electrons. The Morgan fingerprint density at radius 2 is 1.78 bits per heavy atom. The molecule has 0 radical (unpaired) electrons. The zero-order valence-corrected chi connectivity index (χ0v) is 12.6. The van der Waals surface area contributed by atoms with Crippen LogP contribution in [0.4, 0.5) is 13.2 Å². The third-order valence-electron chi connectivity index (χ3n) is 5.28. The number of hydrogen-bond donors (Lipinski definition) is 2. The van der Waals surface area contributed by atoms with E-state index in [1.807, 2.05) is 0 Å². The van der Waals surface area contributed by atoms with Crippen molar-refractivity contribution in [2.75, 3.05) is 13.2 Å². The van der Waals surface area contributed by atoms with Gasteiger partial charge in [-0.1, -0.05) is 0 Å². The summed E-state index contributed by atoms with van der Waals surface area (Å²) in [5.74, 6) is -0.966. The molecule has 23 heavy (non-hydrogen) atoms. The normalized spacial score (nSPS) is 38.4. The number of rotatable bonds is 4. The van der Waals surface area contributed by atoms with Crippen LogP contribution < -0.4 is 5.32 Å². The quantitative estimate of drug-likeness (QED) is 0.764. The van der Waals surface area contributed by atoms with Crippen molar-refractivity contribution in [2.24, 2.45) is 17.3 Å². The molecule has 4 aliphatic carbocycles. The number of carbonyl (C=O) groups excluding carboxylic acids is 2. The second-order valence-corrected chi connectivity index (χ2v) is 7.43. The highest BCUT2D eigenvalue weighted by Crippen LogP contribution is 2.61. The van der Waals surface area contributed by atoms with Crippen molar-refractivity contribution in [3.63, 3.8) is 0 Å². The summed E-state index contributed by atoms with van der Waals surface area (Å²) in [6.45, 7) is -2.16. The zero-order valence-electron chi connectivity index (χ0n) is 12.6. The topological polar surface area (TPSA) is 75.6 Å². The van der Waals surface area contributed by atoms with E-state index in [2.05, 4.69) is 0 Å². The Morgan fingerprint density at radius 1 is 1.17 bits per heavy atom. The molecule has 0 aromatic carbocycles. The fourth-order valence-electron chi connectivity index (χ4n) is 4.99. The van der Waals surface area contributed by atoms with Crippen molar-refractivity contribution in [2.45, 2.75) is 50.3 Å². The first-order chi connectivity index (χ1) is 10.6. The van der Waals surface area contributed by atoms with E-state index < -0.39 is 42.2 Å². The Morgan fingerprint density at radius 3 is 2.30 bits per heavy atom. The minimum absolute atomic E-state index is 0.285. The molecular weight excluding hydrogens is 315 g/mol. The number of amides is 1. The lowest BCUT2D eigenvalue weighted by molar-refractivity contribution is -0.196. The van der Waals surface area contributed by atoms with Gasteiger partial charge in [-0.05, 0) is 50.4 Å². The van der Waals surface area contributed by atoms with Gasteiger partial charge in [-0.25, -0.2) is 0 Å². The van der Waals surface area contributed by atoms with Crippen LogP contribution in [0.3, 0.4) is 0 Å². The number of aliphatic hydroxyl groups is 1. The summed E-state index contributed by atoms with van der Waals surface area (Å²) in [5, 5.41) is 12.2. The van der Waals surface area contributed by atoms with Gasteiger partial charge in [-0.15, -0.1) is 0 Å². The van der Waals surface area contributed by atoms with Crippen LogP contribution >= 0.6 is 0 Å². The van der Waals surface area contributed by atoms with Gasteiger partial charge in [0.1, 0.15) is 6.54 Å². The van der Waals surface area contributed by atoms with Crippen molar-refractivity contribution >= 4 is 11.9 Å². The standard InChI is InChI=1S/C15H20F3NO4/c16-15(17,18)8-19-11(20)6-23-12(21)13-2-9-1-10(3-13)5-14(22,4-9)7-13/h9-10,22H,1-8H2,(H,19,20)/t9-,10-,13?,14?/m1/s1. The lowest BCUT2D eigenvalue weighted by Crippen LogP contribution is -2.58. The van der Waals surface area contributed by atoms with Gasteiger partial charge in [0.15, 0.2) is 6.61 Å². The number of nitrogens with one attached hydrogen (secondary N) is 1. The first-order valence-electron chi connectivity index (χ1n) is 7.82. The van der Waals surface area contributed by atoms with E-state index in [1.54, 1.807) is 5.32 Å². The van der Waals surface area contributed by atoms with Crippen LogP contribution in [0.1, 0.15) is 38.5 Å². The molecule has 1 amide bonds. The van der Waals surface area contributed by atoms with Crippen LogP contribution in [0.5, 0.6) is 0 Å². The second-order valence-electron chi connectivity index (χ2n) is 7.43. The molecule has 2 N–H and O–H groups in total. The Bertz CT molecular complexity index is 505. The third kappa shape index (κ3) is 3.46. The van der Waals surface area contributed by atoms with Crippen molar-refractivity contribution in [1.82, 2.24) is 5.32 Å². The monoisotopic (exact) mass is 335 g/mol. The predicted molar refractivity (Wildman–Crippen MR) is 72.1 cm³/mol. The number of carbonyl (C=O) groups is 2. The second kappa shape index (κ2) is 5.36. The average molecular weight is 335 g/mol. The van der Waals surface area contributed by atoms with Gasteiger partial charge in [0.2, 0.25) is 0 Å². The maximum atomic E-state index is 12.4. The van der Waals surface area contributed by atoms with Gasteiger partial charge in [0.05, 0.1) is 11.0 Å². The molecule has 0 spiro atoms. The predicted octanol–water partition coefficient (Wildman–Crippen LogP) is 1.54. The first-order valence-corrected chi connectivity index (χ1v) is 7.82. The largest absolute Gasteiger partial charge is 0.455 e. The summed E-state index contributed by atoms with van der Waals surface area (Å²) in [4.78, 5) is 23.8. The zero-order chi connectivity index (χ0) is 16.9. The van der Waals surface area contributed by atoms with Crippen molar-refractivity contribution in [3.8, 4) is 0 Å². The van der Waals surface area contributed by atoms with E-state index >= 15 is 0 Å². The lowest BCUT2D eigenvalue weighted by Gasteiger charge is -2.58. The minimum atomic E-state index is -4.50. The van der Waals surface area contributed by atoms with Gasteiger partial charge < -0.3 is 15.2 Å². The summed E-state index contributed by atoms with van der Waals surface area (Å²) in [6.07, 6.45) is -0.499. The van der Waals surface area contributed by atoms with E-state index in [-0.39, 0.29) is 11.8 Å². The van der Waals surface area contributed by atoms with Gasteiger partial charge >= 0.3 is 12.1 Å². The molecule has 0 aromatic rings. The number of alkyl halides is 3. The lowest BCUT2D eigenvalue weighted by atomic mass is 9.48. The van der Waals surface area contributed by atoms with Crippen LogP contribution in [-0.2, 0) is 14.3 Å². The first kappa shape index (κ1) is 16.5. The number of esters is 1. The van der Waals surface area contributed by atoms with Crippen LogP contribution in [-0.4, -0.2) is 41.9 Å². The molecule has 4 aliphatic rings. The van der Waals surface area contributed by atoms with E-state index in [4.69, 9.17) is 4.74 Å². The molecule has 0 saturated heterocycles. The van der Waals surface area contributed by atoms with Crippen LogP contribution in [0, 0.1) is 17.3 Å². The highest BCUT2D eigenvalue weighted by atomic mass is 19.4. The minimum Gasteiger partial charge on any atom is -0.455 e. The average Bonchev–Trinajstić information content (AvgIpc) is 2.39. The van der Waals surface area contributed by atoms with E-state index in [1.165, 1.54) is 0 Å². The summed E-state index contributed by atoms with van der Waals surface area (Å²) in [6, 6.07) is 0. The van der Waals surface area contributed by atoms with Gasteiger partial charge in [-0.2, -0.15) is 13.2 Å². The molecule has 0 unspecified atom stereocenters. The van der Waals surface area contributed by atoms with Gasteiger partial charge in [0, 0.05) is 0 Å². The summed E-state index contributed by atoms with van der Waals surface area (Å²) in [7, 11) is 0. The molecule has 4 saturated carbocycles. The van der Waals surface area contributed by atoms with Crippen LogP contribution in [0.2, 0.25) is 0 Å². The Balaban J connectivity index is 1.55. The number of ether oxygens (including phenoxy) is 1. The number of halogens is 3. The molecule has 4 bridgehead atoms. The molecule has 0 aromatic heterocycles. The molecule has 4 fully saturated rings. The van der Waals surface area contributed by atoms with Gasteiger partial charge in [-0.3, -0.25) is 9.59 Å². The molecule has 0 heterocycles. The summed E-state index contributed by atoms with van der Waals surface area (Å²) in [5.41, 5.74) is -1.61. The number of hydrogen-bond acceptors (Lipinski definition) is 4. The maximum absolute atomic E-state index is 12.4. The molecular formula is C15H20F3NO4. The molecule has 5 nitrogen and oxygen atoms in total. The van der Waals surface area contributed by atoms with Crippen molar-refractivity contribution in [3.05, 3.63) is 0 Å². The highest BCUT2D eigenvalue weighted by molar-refractivity contribution is 5.83. The Kier molecular flexibility index (Phi) is 3.85. The fourth-order valence-corrected chi connectivity index (χ4v) is 4.99. The molecule has 2 atom stereocenters. The molecule has 4 rings (SSSR count).